The van der Waals surface area contributed by atoms with Gasteiger partial charge in [0.05, 0.1) is 10.4 Å². The molecule has 1 aliphatic heterocycles. The maximum atomic E-state index is 13.0. The Morgan fingerprint density at radius 2 is 2.33 bits per heavy atom. The molecule has 5 heteroatoms. The van der Waals surface area contributed by atoms with Crippen molar-refractivity contribution in [3.05, 3.63) is 34.6 Å². The minimum Gasteiger partial charge on any atom is -0.481 e. The van der Waals surface area contributed by atoms with Crippen LogP contribution in [0.25, 0.3) is 0 Å². The molecule has 0 radical (unpaired) electrons. The van der Waals surface area contributed by atoms with E-state index >= 15 is 0 Å². The van der Waals surface area contributed by atoms with Crippen molar-refractivity contribution in [1.29, 1.82) is 0 Å². The van der Waals surface area contributed by atoms with Gasteiger partial charge in [-0.1, -0.05) is 17.7 Å². The van der Waals surface area contributed by atoms with E-state index in [4.69, 9.17) is 16.7 Å². The summed E-state index contributed by atoms with van der Waals surface area (Å²) in [4.78, 5) is 13.2. The third-order valence-electron chi connectivity index (χ3n) is 3.46. The van der Waals surface area contributed by atoms with E-state index in [1.165, 1.54) is 6.07 Å². The van der Waals surface area contributed by atoms with Crippen molar-refractivity contribution >= 4 is 17.6 Å². The Morgan fingerprint density at radius 1 is 1.61 bits per heavy atom. The number of hydrogen-bond donors (Lipinski definition) is 1. The summed E-state index contributed by atoms with van der Waals surface area (Å²) >= 11 is 5.72. The molecule has 0 aliphatic carbocycles. The van der Waals surface area contributed by atoms with Gasteiger partial charge in [0.15, 0.2) is 0 Å². The molecule has 2 rings (SSSR count). The first-order chi connectivity index (χ1) is 8.40. The summed E-state index contributed by atoms with van der Waals surface area (Å²) in [5, 5.41) is 9.24. The molecular weight excluding hydrogens is 257 g/mol. The Hall–Kier alpha value is -1.13. The molecule has 0 saturated carbocycles. The quantitative estimate of drug-likeness (QED) is 0.919. The third-order valence-corrected chi connectivity index (χ3v) is 3.75. The van der Waals surface area contributed by atoms with Crippen LogP contribution in [0, 0.1) is 11.2 Å². The molecule has 1 saturated heterocycles. The first kappa shape index (κ1) is 13.3. The summed E-state index contributed by atoms with van der Waals surface area (Å²) in [5.41, 5.74) is 0.222. The second kappa shape index (κ2) is 4.86. The molecule has 0 spiro atoms. The predicted octanol–water partition coefficient (Wildman–Crippen LogP) is 2.78. The highest BCUT2D eigenvalue weighted by Gasteiger charge is 2.40. The zero-order chi connectivity index (χ0) is 13.3. The van der Waals surface area contributed by atoms with E-state index in [1.807, 2.05) is 0 Å². The van der Waals surface area contributed by atoms with E-state index in [-0.39, 0.29) is 5.02 Å². The predicted molar refractivity (Wildman–Crippen MR) is 67.0 cm³/mol. The summed E-state index contributed by atoms with van der Waals surface area (Å²) in [6, 6.07) is 4.61. The summed E-state index contributed by atoms with van der Waals surface area (Å²) < 4.78 is 13.0. The van der Waals surface area contributed by atoms with Gasteiger partial charge in [-0.15, -0.1) is 0 Å². The van der Waals surface area contributed by atoms with Crippen LogP contribution in [-0.2, 0) is 11.3 Å². The Labute approximate surface area is 110 Å². The number of halogens is 2. The van der Waals surface area contributed by atoms with Gasteiger partial charge in [-0.3, -0.25) is 9.69 Å². The summed E-state index contributed by atoms with van der Waals surface area (Å²) in [6.07, 6.45) is 0.636. The Morgan fingerprint density at radius 3 is 2.89 bits per heavy atom. The normalized spacial score (nSPS) is 24.4. The summed E-state index contributed by atoms with van der Waals surface area (Å²) in [5.74, 6) is -1.20. The van der Waals surface area contributed by atoms with E-state index in [1.54, 1.807) is 19.1 Å². The number of hydrogen-bond acceptors (Lipinski definition) is 2. The first-order valence-electron chi connectivity index (χ1n) is 5.80. The maximum absolute atomic E-state index is 13.0. The Kier molecular flexibility index (Phi) is 3.59. The van der Waals surface area contributed by atoms with Gasteiger partial charge in [-0.2, -0.15) is 0 Å². The van der Waals surface area contributed by atoms with Gasteiger partial charge < -0.3 is 5.11 Å². The fourth-order valence-electron chi connectivity index (χ4n) is 2.26. The van der Waals surface area contributed by atoms with E-state index in [9.17, 15) is 9.18 Å². The molecule has 98 valence electrons. The van der Waals surface area contributed by atoms with Gasteiger partial charge in [0, 0.05) is 13.1 Å². The van der Waals surface area contributed by atoms with Crippen LogP contribution < -0.4 is 0 Å². The van der Waals surface area contributed by atoms with Crippen molar-refractivity contribution < 1.29 is 14.3 Å². The topological polar surface area (TPSA) is 40.5 Å². The minimum atomic E-state index is -0.762. The highest BCUT2D eigenvalue weighted by atomic mass is 35.5. The lowest BCUT2D eigenvalue weighted by atomic mass is 9.90. The van der Waals surface area contributed by atoms with Crippen LogP contribution in [0.1, 0.15) is 18.9 Å². The van der Waals surface area contributed by atoms with E-state index in [0.717, 1.165) is 12.1 Å². The molecule has 1 aromatic rings. The van der Waals surface area contributed by atoms with Crippen molar-refractivity contribution in [2.75, 3.05) is 13.1 Å². The standard InChI is InChI=1S/C13H15ClFNO2/c1-13(12(17)18)4-5-16(8-13)7-9-2-3-11(15)10(14)6-9/h2-3,6H,4-5,7-8H2,1H3,(H,17,18). The smallest absolute Gasteiger partial charge is 0.310 e. The highest BCUT2D eigenvalue weighted by molar-refractivity contribution is 6.30. The van der Waals surface area contributed by atoms with Gasteiger partial charge in [0.1, 0.15) is 5.82 Å². The number of benzene rings is 1. The van der Waals surface area contributed by atoms with Crippen molar-refractivity contribution in [3.8, 4) is 0 Å². The number of rotatable bonds is 3. The summed E-state index contributed by atoms with van der Waals surface area (Å²) in [6.45, 7) is 3.60. The second-order valence-electron chi connectivity index (χ2n) is 5.07. The van der Waals surface area contributed by atoms with Crippen LogP contribution >= 0.6 is 11.6 Å². The molecule has 1 unspecified atom stereocenters. The van der Waals surface area contributed by atoms with Gasteiger partial charge in [0.25, 0.3) is 0 Å². The van der Waals surface area contributed by atoms with Gasteiger partial charge in [-0.05, 0) is 37.6 Å². The zero-order valence-electron chi connectivity index (χ0n) is 10.1. The average molecular weight is 272 g/mol. The fourth-order valence-corrected chi connectivity index (χ4v) is 2.47. The fraction of sp³-hybridized carbons (Fsp3) is 0.462. The Balaban J connectivity index is 2.03. The maximum Gasteiger partial charge on any atom is 0.310 e. The van der Waals surface area contributed by atoms with E-state index in [0.29, 0.717) is 19.5 Å². The number of carboxylic acid groups (broad SMARTS) is 1. The lowest BCUT2D eigenvalue weighted by Crippen LogP contribution is -2.31. The first-order valence-corrected chi connectivity index (χ1v) is 6.18. The summed E-state index contributed by atoms with van der Waals surface area (Å²) in [7, 11) is 0. The zero-order valence-corrected chi connectivity index (χ0v) is 10.9. The van der Waals surface area contributed by atoms with Crippen LogP contribution in [-0.4, -0.2) is 29.1 Å². The van der Waals surface area contributed by atoms with Crippen LogP contribution in [0.2, 0.25) is 5.02 Å². The molecule has 3 nitrogen and oxygen atoms in total. The molecule has 1 aliphatic rings. The highest BCUT2D eigenvalue weighted by Crippen LogP contribution is 2.31. The van der Waals surface area contributed by atoms with Crippen molar-refractivity contribution in [1.82, 2.24) is 4.90 Å². The van der Waals surface area contributed by atoms with Crippen LogP contribution in [0.4, 0.5) is 4.39 Å². The monoisotopic (exact) mass is 271 g/mol. The van der Waals surface area contributed by atoms with Gasteiger partial charge in [0.2, 0.25) is 0 Å². The SMILES string of the molecule is CC1(C(=O)O)CCN(Cc2ccc(F)c(Cl)c2)C1. The molecule has 18 heavy (non-hydrogen) atoms. The molecule has 1 aromatic carbocycles. The molecule has 0 aromatic heterocycles. The number of nitrogens with zero attached hydrogens (tertiary/aromatic N) is 1. The van der Waals surface area contributed by atoms with E-state index < -0.39 is 17.2 Å². The van der Waals surface area contributed by atoms with Crippen molar-refractivity contribution in [2.24, 2.45) is 5.41 Å². The Bertz CT molecular complexity index is 480. The average Bonchev–Trinajstić information content (AvgIpc) is 2.67. The van der Waals surface area contributed by atoms with Crippen molar-refractivity contribution in [3.63, 3.8) is 0 Å². The number of aliphatic carboxylic acids is 1. The van der Waals surface area contributed by atoms with E-state index in [2.05, 4.69) is 4.90 Å². The lowest BCUT2D eigenvalue weighted by Gasteiger charge is -2.20. The number of carboxylic acids is 1. The molecule has 1 N–H and O–H groups in total. The van der Waals surface area contributed by atoms with Crippen LogP contribution in [0.3, 0.4) is 0 Å². The second-order valence-corrected chi connectivity index (χ2v) is 5.48. The third kappa shape index (κ3) is 2.65. The number of carbonyl (C=O) groups is 1. The van der Waals surface area contributed by atoms with Gasteiger partial charge >= 0.3 is 5.97 Å². The molecule has 1 atom stereocenters. The van der Waals surface area contributed by atoms with Gasteiger partial charge in [-0.25, -0.2) is 4.39 Å². The molecular formula is C13H15ClFNO2. The molecule has 1 heterocycles. The van der Waals surface area contributed by atoms with Crippen LogP contribution in [0.15, 0.2) is 18.2 Å². The minimum absolute atomic E-state index is 0.104. The molecule has 0 amide bonds. The van der Waals surface area contributed by atoms with Crippen molar-refractivity contribution in [2.45, 2.75) is 19.9 Å². The van der Waals surface area contributed by atoms with Crippen LogP contribution in [0.5, 0.6) is 0 Å². The molecule has 0 bridgehead atoms. The lowest BCUT2D eigenvalue weighted by molar-refractivity contribution is -0.147. The molecule has 1 fully saturated rings. The largest absolute Gasteiger partial charge is 0.481 e. The number of likely N-dealkylation sites (tertiary alicyclic amines) is 1.